The summed E-state index contributed by atoms with van der Waals surface area (Å²) in [5.41, 5.74) is 3.05. The Labute approximate surface area is 180 Å². The maximum Gasteiger partial charge on any atom is 0.270 e. The van der Waals surface area contributed by atoms with E-state index in [0.717, 1.165) is 11.1 Å². The van der Waals surface area contributed by atoms with Crippen LogP contribution in [0.3, 0.4) is 0 Å². The van der Waals surface area contributed by atoms with Crippen LogP contribution in [0.2, 0.25) is 5.02 Å². The van der Waals surface area contributed by atoms with Crippen LogP contribution in [0.25, 0.3) is 0 Å². The minimum absolute atomic E-state index is 0.126. The fourth-order valence-corrected chi connectivity index (χ4v) is 5.03. The van der Waals surface area contributed by atoms with E-state index in [9.17, 15) is 13.2 Å². The second-order valence-corrected chi connectivity index (χ2v) is 9.22. The molecule has 152 valence electrons. The zero-order valence-electron chi connectivity index (χ0n) is 16.2. The van der Waals surface area contributed by atoms with E-state index in [-0.39, 0.29) is 11.4 Å². The first-order chi connectivity index (χ1) is 14.4. The zero-order valence-corrected chi connectivity index (χ0v) is 17.7. The number of halogens is 1. The lowest BCUT2D eigenvalue weighted by atomic mass is 10.1. The van der Waals surface area contributed by atoms with Crippen LogP contribution in [-0.4, -0.2) is 14.2 Å². The number of anilines is 2. The van der Waals surface area contributed by atoms with Crippen LogP contribution in [0.5, 0.6) is 0 Å². The van der Waals surface area contributed by atoms with E-state index in [4.69, 9.17) is 11.6 Å². The second-order valence-electron chi connectivity index (χ2n) is 6.96. The third kappa shape index (κ3) is 3.72. The van der Waals surface area contributed by atoms with Crippen molar-refractivity contribution in [2.24, 2.45) is 0 Å². The average Bonchev–Trinajstić information content (AvgIpc) is 2.74. The molecular weight excluding hydrogens is 420 g/mol. The molecule has 0 amide bonds. The van der Waals surface area contributed by atoms with Gasteiger partial charge < -0.3 is 5.32 Å². The predicted octanol–water partition coefficient (Wildman–Crippen LogP) is 5.13. The first-order valence-corrected chi connectivity index (χ1v) is 11.1. The molecule has 5 nitrogen and oxygen atoms in total. The number of hydrogen-bond donors (Lipinski definition) is 1. The van der Waals surface area contributed by atoms with Crippen molar-refractivity contribution in [1.29, 1.82) is 0 Å². The first kappa shape index (κ1) is 20.2. The Kier molecular flexibility index (Phi) is 5.37. The molecule has 0 atom stereocenters. The third-order valence-corrected chi connectivity index (χ3v) is 6.94. The van der Waals surface area contributed by atoms with Crippen LogP contribution in [0, 0.1) is 6.92 Å². The third-order valence-electron chi connectivity index (χ3n) is 4.94. The molecule has 1 heterocycles. The lowest BCUT2D eigenvalue weighted by molar-refractivity contribution is 0.104. The van der Waals surface area contributed by atoms with Crippen LogP contribution >= 0.6 is 11.6 Å². The lowest BCUT2D eigenvalue weighted by Crippen LogP contribution is -2.39. The number of fused-ring (bicyclic) bond motifs is 1. The number of Topliss-reactive ketones (excluding diaryl/α,β-unsaturated/α-hetero) is 1. The van der Waals surface area contributed by atoms with Gasteiger partial charge in [0.25, 0.3) is 10.0 Å². The maximum atomic E-state index is 13.4. The van der Waals surface area contributed by atoms with Gasteiger partial charge in [-0.2, -0.15) is 0 Å². The standard InChI is InChI=1S/C23H19ClN2O3S/c1-16-11-12-18(24)13-20(16)25-14-22-23(27)19-9-5-6-10-21(19)26(30(22,28)29)15-17-7-3-2-4-8-17/h2-14,25H,15H2,1H3/b22-14+. The molecule has 30 heavy (non-hydrogen) atoms. The highest BCUT2D eigenvalue weighted by atomic mass is 35.5. The number of allylic oxidation sites excluding steroid dienone is 1. The van der Waals surface area contributed by atoms with Crippen molar-refractivity contribution in [3.05, 3.63) is 106 Å². The van der Waals surface area contributed by atoms with E-state index in [1.54, 1.807) is 36.4 Å². The molecule has 0 fully saturated rings. The number of aryl methyl sites for hydroxylation is 1. The van der Waals surface area contributed by atoms with Gasteiger partial charge in [0.05, 0.1) is 12.2 Å². The van der Waals surface area contributed by atoms with Crippen molar-refractivity contribution in [2.75, 3.05) is 9.62 Å². The van der Waals surface area contributed by atoms with Crippen LogP contribution in [-0.2, 0) is 16.6 Å². The molecule has 0 spiro atoms. The predicted molar refractivity (Wildman–Crippen MR) is 120 cm³/mol. The Hall–Kier alpha value is -3.09. The molecule has 3 aromatic carbocycles. The van der Waals surface area contributed by atoms with E-state index in [0.29, 0.717) is 22.0 Å². The van der Waals surface area contributed by atoms with Gasteiger partial charge in [0.2, 0.25) is 5.78 Å². The maximum absolute atomic E-state index is 13.4. The smallest absolute Gasteiger partial charge is 0.270 e. The molecule has 7 heteroatoms. The van der Waals surface area contributed by atoms with Crippen LogP contribution < -0.4 is 9.62 Å². The van der Waals surface area contributed by atoms with E-state index in [2.05, 4.69) is 5.32 Å². The number of sulfonamides is 1. The van der Waals surface area contributed by atoms with E-state index in [1.165, 1.54) is 10.5 Å². The van der Waals surface area contributed by atoms with Crippen molar-refractivity contribution in [3.63, 3.8) is 0 Å². The van der Waals surface area contributed by atoms with Crippen molar-refractivity contribution in [1.82, 2.24) is 0 Å². The number of para-hydroxylation sites is 1. The summed E-state index contributed by atoms with van der Waals surface area (Å²) in [6.07, 6.45) is 1.25. The molecule has 3 aromatic rings. The zero-order chi connectivity index (χ0) is 21.3. The summed E-state index contributed by atoms with van der Waals surface area (Å²) in [6.45, 7) is 1.99. The molecule has 0 bridgehead atoms. The minimum atomic E-state index is -4.07. The largest absolute Gasteiger partial charge is 0.360 e. The summed E-state index contributed by atoms with van der Waals surface area (Å²) in [5, 5.41) is 3.46. The highest BCUT2D eigenvalue weighted by Crippen LogP contribution is 2.36. The second kappa shape index (κ2) is 7.97. The first-order valence-electron chi connectivity index (χ1n) is 9.31. The Bertz CT molecular complexity index is 1250. The van der Waals surface area contributed by atoms with Gasteiger partial charge in [-0.15, -0.1) is 0 Å². The van der Waals surface area contributed by atoms with Crippen LogP contribution in [0.4, 0.5) is 11.4 Å². The topological polar surface area (TPSA) is 66.5 Å². The number of nitrogens with zero attached hydrogens (tertiary/aromatic N) is 1. The number of benzene rings is 3. The Morgan fingerprint density at radius 3 is 2.47 bits per heavy atom. The summed E-state index contributed by atoms with van der Waals surface area (Å²) < 4.78 is 28.1. The summed E-state index contributed by atoms with van der Waals surface area (Å²) in [5.74, 6) is -0.540. The molecule has 1 aliphatic heterocycles. The fraction of sp³-hybridized carbons (Fsp3) is 0.0870. The lowest BCUT2D eigenvalue weighted by Gasteiger charge is -2.31. The molecule has 0 unspecified atom stereocenters. The summed E-state index contributed by atoms with van der Waals surface area (Å²) in [4.78, 5) is 12.8. The van der Waals surface area contributed by atoms with Crippen molar-refractivity contribution < 1.29 is 13.2 Å². The van der Waals surface area contributed by atoms with Gasteiger partial charge in [0.15, 0.2) is 4.91 Å². The Morgan fingerprint density at radius 1 is 1.00 bits per heavy atom. The van der Waals surface area contributed by atoms with Gasteiger partial charge in [-0.1, -0.05) is 60.1 Å². The number of rotatable bonds is 4. The molecule has 1 N–H and O–H groups in total. The van der Waals surface area contributed by atoms with E-state index in [1.807, 2.05) is 43.3 Å². The van der Waals surface area contributed by atoms with Crippen molar-refractivity contribution >= 4 is 38.8 Å². The van der Waals surface area contributed by atoms with Crippen molar-refractivity contribution in [2.45, 2.75) is 13.5 Å². The van der Waals surface area contributed by atoms with Gasteiger partial charge in [-0.05, 0) is 42.3 Å². The van der Waals surface area contributed by atoms with Gasteiger partial charge in [0.1, 0.15) is 0 Å². The molecule has 0 saturated heterocycles. The number of carbonyl (C=O) groups excluding carboxylic acids is 1. The Balaban J connectivity index is 1.80. The van der Waals surface area contributed by atoms with Gasteiger partial charge in [0, 0.05) is 22.5 Å². The molecule has 0 aromatic heterocycles. The summed E-state index contributed by atoms with van der Waals surface area (Å²) in [6, 6.07) is 21.3. The van der Waals surface area contributed by atoms with Crippen LogP contribution in [0.15, 0.2) is 83.9 Å². The highest BCUT2D eigenvalue weighted by molar-refractivity contribution is 7.97. The van der Waals surface area contributed by atoms with E-state index < -0.39 is 15.8 Å². The monoisotopic (exact) mass is 438 g/mol. The SMILES string of the molecule is Cc1ccc(Cl)cc1N/C=C1\C(=O)c2ccccc2N(Cc2ccccc2)S1(=O)=O. The molecule has 0 saturated carbocycles. The highest BCUT2D eigenvalue weighted by Gasteiger charge is 2.40. The van der Waals surface area contributed by atoms with Gasteiger partial charge >= 0.3 is 0 Å². The molecule has 1 aliphatic rings. The normalized spacial score (nSPS) is 16.4. The Morgan fingerprint density at radius 2 is 1.70 bits per heavy atom. The average molecular weight is 439 g/mol. The molecular formula is C23H19ClN2O3S. The van der Waals surface area contributed by atoms with Gasteiger partial charge in [-0.25, -0.2) is 8.42 Å². The minimum Gasteiger partial charge on any atom is -0.360 e. The van der Waals surface area contributed by atoms with Crippen LogP contribution in [0.1, 0.15) is 21.5 Å². The summed E-state index contributed by atoms with van der Waals surface area (Å²) in [7, 11) is -4.07. The number of ketones is 1. The molecule has 0 radical (unpaired) electrons. The number of nitrogens with one attached hydrogen (secondary N) is 1. The van der Waals surface area contributed by atoms with Crippen molar-refractivity contribution in [3.8, 4) is 0 Å². The fourth-order valence-electron chi connectivity index (χ4n) is 3.33. The summed E-state index contributed by atoms with van der Waals surface area (Å²) >= 11 is 6.05. The molecule has 0 aliphatic carbocycles. The van der Waals surface area contributed by atoms with E-state index >= 15 is 0 Å². The number of hydrogen-bond acceptors (Lipinski definition) is 4. The molecule has 4 rings (SSSR count). The van der Waals surface area contributed by atoms with Gasteiger partial charge in [-0.3, -0.25) is 9.10 Å². The number of carbonyl (C=O) groups is 1. The quantitative estimate of drug-likeness (QED) is 0.573.